The van der Waals surface area contributed by atoms with Crippen LogP contribution in [-0.2, 0) is 6.42 Å². The monoisotopic (exact) mass is 238 g/mol. The summed E-state index contributed by atoms with van der Waals surface area (Å²) in [7, 11) is 0. The number of hydrogen-bond acceptors (Lipinski definition) is 5. The topological polar surface area (TPSA) is 59.2 Å². The van der Waals surface area contributed by atoms with E-state index < -0.39 is 0 Å². The minimum absolute atomic E-state index is 0.335. The van der Waals surface area contributed by atoms with Crippen molar-refractivity contribution in [2.45, 2.75) is 32.8 Å². The van der Waals surface area contributed by atoms with E-state index in [1.54, 1.807) is 18.3 Å². The summed E-state index contributed by atoms with van der Waals surface area (Å²) in [6, 6.07) is 0. The van der Waals surface area contributed by atoms with Crippen molar-refractivity contribution in [1.82, 2.24) is 10.1 Å². The van der Waals surface area contributed by atoms with E-state index in [0.717, 1.165) is 11.1 Å². The van der Waals surface area contributed by atoms with Gasteiger partial charge in [0.1, 0.15) is 0 Å². The van der Waals surface area contributed by atoms with Gasteiger partial charge in [0.2, 0.25) is 11.7 Å². The summed E-state index contributed by atoms with van der Waals surface area (Å²) in [4.78, 5) is 4.30. The molecule has 2 aromatic heterocycles. The Bertz CT molecular complexity index is 462. The maximum atomic E-state index is 9.16. The molecule has 2 heterocycles. The van der Waals surface area contributed by atoms with Gasteiger partial charge < -0.3 is 9.63 Å². The van der Waals surface area contributed by atoms with Crippen LogP contribution < -0.4 is 0 Å². The summed E-state index contributed by atoms with van der Waals surface area (Å²) in [5, 5.41) is 17.2. The predicted molar refractivity (Wildman–Crippen MR) is 62.3 cm³/mol. The Hall–Kier alpha value is -1.20. The molecule has 0 aromatic carbocycles. The number of aliphatic hydroxyl groups excluding tert-OH is 1. The number of nitrogens with zero attached hydrogens (tertiary/aromatic N) is 2. The molecule has 0 fully saturated rings. The third-order valence-corrected chi connectivity index (χ3v) is 3.20. The fraction of sp³-hybridized carbons (Fsp3) is 0.455. The van der Waals surface area contributed by atoms with Crippen molar-refractivity contribution in [3.05, 3.63) is 22.2 Å². The van der Waals surface area contributed by atoms with Crippen LogP contribution in [0.15, 0.2) is 15.3 Å². The van der Waals surface area contributed by atoms with Crippen LogP contribution in [0.1, 0.15) is 24.8 Å². The zero-order valence-corrected chi connectivity index (χ0v) is 10.1. The number of hydrogen-bond donors (Lipinski definition) is 1. The average Bonchev–Trinajstić information content (AvgIpc) is 2.83. The molecule has 4 nitrogen and oxygen atoms in total. The lowest BCUT2D eigenvalue weighted by Crippen LogP contribution is -2.01. The molecule has 1 atom stereocenters. The van der Waals surface area contributed by atoms with Crippen LogP contribution in [0.2, 0.25) is 0 Å². The van der Waals surface area contributed by atoms with Gasteiger partial charge in [-0.1, -0.05) is 5.16 Å². The van der Waals surface area contributed by atoms with Gasteiger partial charge in [-0.05, 0) is 31.2 Å². The van der Waals surface area contributed by atoms with E-state index in [0.29, 0.717) is 24.6 Å². The van der Waals surface area contributed by atoms with E-state index in [1.807, 2.05) is 12.3 Å². The highest BCUT2D eigenvalue weighted by Gasteiger charge is 2.11. The molecule has 0 amide bonds. The average molecular weight is 238 g/mol. The molecule has 5 heteroatoms. The normalized spacial score (nSPS) is 12.9. The largest absolute Gasteiger partial charge is 0.393 e. The Morgan fingerprint density at radius 2 is 2.31 bits per heavy atom. The summed E-state index contributed by atoms with van der Waals surface area (Å²) in [5.74, 6) is 1.22. The van der Waals surface area contributed by atoms with Crippen molar-refractivity contribution in [2.75, 3.05) is 0 Å². The molecule has 0 saturated carbocycles. The summed E-state index contributed by atoms with van der Waals surface area (Å²) in [5.41, 5.74) is 2.19. The first-order chi connectivity index (χ1) is 7.66. The molecule has 2 rings (SSSR count). The first-order valence-electron chi connectivity index (χ1n) is 5.20. The molecule has 1 unspecified atom stereocenters. The van der Waals surface area contributed by atoms with E-state index in [9.17, 15) is 0 Å². The third kappa shape index (κ3) is 2.48. The highest BCUT2D eigenvalue weighted by atomic mass is 32.1. The first kappa shape index (κ1) is 11.3. The minimum atomic E-state index is -0.335. The van der Waals surface area contributed by atoms with Crippen LogP contribution in [0.3, 0.4) is 0 Å². The van der Waals surface area contributed by atoms with Crippen LogP contribution in [-0.4, -0.2) is 21.4 Å². The van der Waals surface area contributed by atoms with Crippen LogP contribution in [0, 0.1) is 6.92 Å². The minimum Gasteiger partial charge on any atom is -0.393 e. The van der Waals surface area contributed by atoms with Gasteiger partial charge in [-0.15, -0.1) is 0 Å². The Labute approximate surface area is 97.9 Å². The summed E-state index contributed by atoms with van der Waals surface area (Å²) in [6.07, 6.45) is 0.927. The van der Waals surface area contributed by atoms with Gasteiger partial charge >= 0.3 is 0 Å². The summed E-state index contributed by atoms with van der Waals surface area (Å²) in [6.45, 7) is 3.78. The Morgan fingerprint density at radius 3 is 2.94 bits per heavy atom. The van der Waals surface area contributed by atoms with E-state index >= 15 is 0 Å². The van der Waals surface area contributed by atoms with Crippen LogP contribution in [0.25, 0.3) is 11.4 Å². The molecular formula is C11H14N2O2S. The molecule has 0 bridgehead atoms. The van der Waals surface area contributed by atoms with Gasteiger partial charge in [0.05, 0.1) is 6.10 Å². The fourth-order valence-electron chi connectivity index (χ4n) is 1.39. The molecule has 16 heavy (non-hydrogen) atoms. The zero-order valence-electron chi connectivity index (χ0n) is 9.30. The number of aromatic nitrogens is 2. The Kier molecular flexibility index (Phi) is 3.36. The molecule has 1 N–H and O–H groups in total. The SMILES string of the molecule is Cc1cscc1-c1noc(CCC(C)O)n1. The number of thiophene rings is 1. The second-order valence-corrected chi connectivity index (χ2v) is 4.61. The van der Waals surface area contributed by atoms with Gasteiger partial charge in [0.25, 0.3) is 0 Å². The van der Waals surface area contributed by atoms with Crippen molar-refractivity contribution in [1.29, 1.82) is 0 Å². The van der Waals surface area contributed by atoms with Crippen molar-refractivity contribution in [3.63, 3.8) is 0 Å². The van der Waals surface area contributed by atoms with E-state index in [2.05, 4.69) is 15.5 Å². The van der Waals surface area contributed by atoms with Crippen molar-refractivity contribution < 1.29 is 9.63 Å². The molecule has 2 aromatic rings. The molecule has 0 aliphatic heterocycles. The highest BCUT2D eigenvalue weighted by molar-refractivity contribution is 7.08. The second kappa shape index (κ2) is 4.76. The molecule has 0 aliphatic rings. The Morgan fingerprint density at radius 1 is 1.50 bits per heavy atom. The summed E-state index contributed by atoms with van der Waals surface area (Å²) >= 11 is 1.63. The van der Waals surface area contributed by atoms with Gasteiger partial charge in [-0.2, -0.15) is 16.3 Å². The van der Waals surface area contributed by atoms with E-state index in [-0.39, 0.29) is 6.10 Å². The molecular weight excluding hydrogens is 224 g/mol. The molecule has 86 valence electrons. The maximum Gasteiger partial charge on any atom is 0.227 e. The van der Waals surface area contributed by atoms with E-state index in [4.69, 9.17) is 9.63 Å². The quantitative estimate of drug-likeness (QED) is 0.888. The van der Waals surface area contributed by atoms with Crippen molar-refractivity contribution in [3.8, 4) is 11.4 Å². The van der Waals surface area contributed by atoms with Gasteiger partial charge in [-0.25, -0.2) is 0 Å². The third-order valence-electron chi connectivity index (χ3n) is 2.34. The van der Waals surface area contributed by atoms with Crippen LogP contribution >= 0.6 is 11.3 Å². The molecule has 0 aliphatic carbocycles. The fourth-order valence-corrected chi connectivity index (χ4v) is 2.21. The number of aliphatic hydroxyl groups is 1. The van der Waals surface area contributed by atoms with Crippen LogP contribution in [0.5, 0.6) is 0 Å². The van der Waals surface area contributed by atoms with E-state index in [1.165, 1.54) is 0 Å². The van der Waals surface area contributed by atoms with Crippen molar-refractivity contribution in [2.24, 2.45) is 0 Å². The smallest absolute Gasteiger partial charge is 0.227 e. The Balaban J connectivity index is 2.11. The highest BCUT2D eigenvalue weighted by Crippen LogP contribution is 2.24. The molecule has 0 radical (unpaired) electrons. The maximum absolute atomic E-state index is 9.16. The number of aryl methyl sites for hydroxylation is 2. The standard InChI is InChI=1S/C11H14N2O2S/c1-7-5-16-6-9(7)11-12-10(15-13-11)4-3-8(2)14/h5-6,8,14H,3-4H2,1-2H3. The lowest BCUT2D eigenvalue weighted by Gasteiger charge is -1.98. The van der Waals surface area contributed by atoms with Crippen molar-refractivity contribution >= 4 is 11.3 Å². The lowest BCUT2D eigenvalue weighted by molar-refractivity contribution is 0.180. The number of rotatable bonds is 4. The predicted octanol–water partition coefficient (Wildman–Crippen LogP) is 2.42. The molecule has 0 saturated heterocycles. The first-order valence-corrected chi connectivity index (χ1v) is 6.15. The van der Waals surface area contributed by atoms with Gasteiger partial charge in [-0.3, -0.25) is 0 Å². The van der Waals surface area contributed by atoms with Gasteiger partial charge in [0.15, 0.2) is 0 Å². The van der Waals surface area contributed by atoms with Gasteiger partial charge in [0, 0.05) is 17.4 Å². The lowest BCUT2D eigenvalue weighted by atomic mass is 10.2. The molecule has 0 spiro atoms. The second-order valence-electron chi connectivity index (χ2n) is 3.87. The summed E-state index contributed by atoms with van der Waals surface area (Å²) < 4.78 is 5.13. The van der Waals surface area contributed by atoms with Crippen LogP contribution in [0.4, 0.5) is 0 Å². The zero-order chi connectivity index (χ0) is 11.5.